The van der Waals surface area contributed by atoms with Crippen molar-refractivity contribution in [2.24, 2.45) is 0 Å². The summed E-state index contributed by atoms with van der Waals surface area (Å²) >= 11 is 0. The molecule has 0 bridgehead atoms. The van der Waals surface area contributed by atoms with Crippen LogP contribution >= 0.6 is 0 Å². The second kappa shape index (κ2) is 5.61. The van der Waals surface area contributed by atoms with Gasteiger partial charge in [0.05, 0.1) is 7.11 Å². The second-order valence-electron chi connectivity index (χ2n) is 3.71. The van der Waals surface area contributed by atoms with Gasteiger partial charge in [-0.3, -0.25) is 0 Å². The quantitative estimate of drug-likeness (QED) is 0.652. The number of anilines is 3. The minimum absolute atomic E-state index is 0.173. The molecule has 0 spiro atoms. The summed E-state index contributed by atoms with van der Waals surface area (Å²) in [6, 6.07) is 1.38. The summed E-state index contributed by atoms with van der Waals surface area (Å²) in [6.45, 7) is 0. The molecule has 10 heteroatoms. The number of benzene rings is 1. The van der Waals surface area contributed by atoms with Crippen molar-refractivity contribution in [2.75, 3.05) is 18.2 Å². The van der Waals surface area contributed by atoms with Crippen LogP contribution in [0.15, 0.2) is 12.1 Å². The number of carbonyl (C=O) groups is 1. The van der Waals surface area contributed by atoms with Crippen molar-refractivity contribution in [3.8, 4) is 0 Å². The van der Waals surface area contributed by atoms with Gasteiger partial charge in [-0.25, -0.2) is 18.0 Å². The number of hydrogen-bond donors (Lipinski definition) is 2. The fraction of sp³-hybridized carbons (Fsp3) is 0.0909. The lowest BCUT2D eigenvalue weighted by molar-refractivity contribution is 0.0586. The summed E-state index contributed by atoms with van der Waals surface area (Å²) in [4.78, 5) is 22.1. The van der Waals surface area contributed by atoms with Crippen LogP contribution in [-0.2, 0) is 4.74 Å². The van der Waals surface area contributed by atoms with Crippen LogP contribution in [0, 0.1) is 17.5 Å². The zero-order valence-electron chi connectivity index (χ0n) is 10.5. The fourth-order valence-electron chi connectivity index (χ4n) is 1.39. The van der Waals surface area contributed by atoms with Gasteiger partial charge in [0.1, 0.15) is 0 Å². The topological polar surface area (TPSA) is 103 Å². The first kappa shape index (κ1) is 14.5. The highest BCUT2D eigenvalue weighted by molar-refractivity contribution is 5.85. The molecular weight excluding hydrogens is 291 g/mol. The summed E-state index contributed by atoms with van der Waals surface area (Å²) in [5, 5.41) is 2.38. The molecule has 0 amide bonds. The van der Waals surface area contributed by atoms with Gasteiger partial charge in [-0.2, -0.15) is 15.0 Å². The number of halogens is 3. The van der Waals surface area contributed by atoms with Crippen LogP contribution in [0.4, 0.5) is 30.8 Å². The number of aromatic nitrogens is 3. The van der Waals surface area contributed by atoms with Crippen LogP contribution in [0.2, 0.25) is 0 Å². The van der Waals surface area contributed by atoms with Gasteiger partial charge in [0.2, 0.25) is 17.7 Å². The van der Waals surface area contributed by atoms with E-state index in [9.17, 15) is 18.0 Å². The smallest absolute Gasteiger partial charge is 0.376 e. The minimum atomic E-state index is -1.61. The van der Waals surface area contributed by atoms with Crippen LogP contribution in [0.1, 0.15) is 10.6 Å². The maximum absolute atomic E-state index is 13.1. The number of ether oxygens (including phenoxy) is 1. The van der Waals surface area contributed by atoms with E-state index in [1.807, 2.05) is 0 Å². The number of rotatable bonds is 3. The van der Waals surface area contributed by atoms with E-state index in [0.717, 1.165) is 7.11 Å². The van der Waals surface area contributed by atoms with Crippen molar-refractivity contribution in [3.05, 3.63) is 35.4 Å². The molecule has 7 nitrogen and oxygen atoms in total. The highest BCUT2D eigenvalue weighted by Gasteiger charge is 2.15. The van der Waals surface area contributed by atoms with Crippen LogP contribution < -0.4 is 11.1 Å². The average molecular weight is 299 g/mol. The Kier molecular flexibility index (Phi) is 3.87. The van der Waals surface area contributed by atoms with E-state index in [4.69, 9.17) is 5.73 Å². The molecule has 1 aromatic carbocycles. The summed E-state index contributed by atoms with van der Waals surface area (Å²) in [5.41, 5.74) is 5.20. The molecule has 0 aliphatic heterocycles. The van der Waals surface area contributed by atoms with Crippen molar-refractivity contribution in [1.82, 2.24) is 15.0 Å². The second-order valence-corrected chi connectivity index (χ2v) is 3.71. The molecule has 0 saturated heterocycles. The number of methoxy groups -OCH3 is 1. The van der Waals surface area contributed by atoms with Crippen LogP contribution in [0.25, 0.3) is 0 Å². The van der Waals surface area contributed by atoms with Crippen LogP contribution in [-0.4, -0.2) is 28.0 Å². The molecule has 0 radical (unpaired) electrons. The van der Waals surface area contributed by atoms with Gasteiger partial charge in [-0.15, -0.1) is 0 Å². The summed E-state index contributed by atoms with van der Waals surface area (Å²) < 4.78 is 43.4. The molecule has 1 heterocycles. The lowest BCUT2D eigenvalue weighted by Crippen LogP contribution is -2.13. The van der Waals surface area contributed by atoms with Crippen molar-refractivity contribution >= 4 is 23.6 Å². The van der Waals surface area contributed by atoms with Crippen molar-refractivity contribution < 1.29 is 22.7 Å². The lowest BCUT2D eigenvalue weighted by Gasteiger charge is -2.07. The maximum atomic E-state index is 13.1. The lowest BCUT2D eigenvalue weighted by atomic mass is 10.3. The molecule has 21 heavy (non-hydrogen) atoms. The number of hydrogen-bond acceptors (Lipinski definition) is 7. The highest BCUT2D eigenvalue weighted by atomic mass is 19.2. The molecule has 0 saturated carbocycles. The summed E-state index contributed by atoms with van der Waals surface area (Å²) in [7, 11) is 1.11. The van der Waals surface area contributed by atoms with Gasteiger partial charge in [-0.05, 0) is 0 Å². The average Bonchev–Trinajstić information content (AvgIpc) is 2.43. The Balaban J connectivity index is 2.35. The zero-order valence-corrected chi connectivity index (χ0v) is 10.5. The largest absolute Gasteiger partial charge is 0.463 e. The van der Waals surface area contributed by atoms with Crippen LogP contribution in [0.3, 0.4) is 0 Å². The Morgan fingerprint density at radius 1 is 1.19 bits per heavy atom. The molecule has 110 valence electrons. The molecule has 0 atom stereocenters. The van der Waals surface area contributed by atoms with E-state index in [1.54, 1.807) is 0 Å². The molecular formula is C11H8F3N5O2. The Hall–Kier alpha value is -2.91. The number of carbonyl (C=O) groups excluding carboxylic acids is 1. The number of esters is 1. The molecule has 0 aliphatic rings. The zero-order chi connectivity index (χ0) is 15.6. The SMILES string of the molecule is COC(=O)c1nc(N)nc(Nc2cc(F)c(F)c(F)c2)n1. The Labute approximate surface area is 116 Å². The van der Waals surface area contributed by atoms with Gasteiger partial charge in [0.25, 0.3) is 0 Å². The van der Waals surface area contributed by atoms with Gasteiger partial charge in [-0.1, -0.05) is 0 Å². The van der Waals surface area contributed by atoms with Gasteiger partial charge in [0, 0.05) is 17.8 Å². The number of nitrogens with one attached hydrogen (secondary N) is 1. The van der Waals surface area contributed by atoms with E-state index in [0.29, 0.717) is 12.1 Å². The molecule has 0 unspecified atom stereocenters. The summed E-state index contributed by atoms with van der Waals surface area (Å²) in [5.74, 6) is -6.23. The number of nitrogens with two attached hydrogens (primary N) is 1. The fourth-order valence-corrected chi connectivity index (χ4v) is 1.39. The minimum Gasteiger partial charge on any atom is -0.463 e. The van der Waals surface area contributed by atoms with Gasteiger partial charge in [0.15, 0.2) is 17.5 Å². The Morgan fingerprint density at radius 3 is 2.38 bits per heavy atom. The standard InChI is InChI=1S/C11H8F3N5O2/c1-21-9(20)8-17-10(15)19-11(18-8)16-4-2-5(12)7(14)6(13)3-4/h2-3H,1H3,(H3,15,16,17,18,19). The molecule has 0 aliphatic carbocycles. The van der Waals surface area contributed by atoms with Gasteiger partial charge >= 0.3 is 5.97 Å². The third kappa shape index (κ3) is 3.16. The molecule has 0 fully saturated rings. The van der Waals surface area contributed by atoms with E-state index >= 15 is 0 Å². The third-order valence-corrected chi connectivity index (χ3v) is 2.26. The monoisotopic (exact) mass is 299 g/mol. The van der Waals surface area contributed by atoms with E-state index in [2.05, 4.69) is 25.0 Å². The van der Waals surface area contributed by atoms with Crippen LogP contribution in [0.5, 0.6) is 0 Å². The van der Waals surface area contributed by atoms with Crippen molar-refractivity contribution in [3.63, 3.8) is 0 Å². The van der Waals surface area contributed by atoms with Gasteiger partial charge < -0.3 is 15.8 Å². The predicted molar refractivity (Wildman–Crippen MR) is 65.2 cm³/mol. The highest BCUT2D eigenvalue weighted by Crippen LogP contribution is 2.20. The number of nitrogen functional groups attached to an aromatic ring is 1. The Bertz CT molecular complexity index is 687. The van der Waals surface area contributed by atoms with E-state index in [-0.39, 0.29) is 17.6 Å². The molecule has 1 aromatic heterocycles. The van der Waals surface area contributed by atoms with Crippen molar-refractivity contribution in [2.45, 2.75) is 0 Å². The maximum Gasteiger partial charge on any atom is 0.376 e. The number of nitrogens with zero attached hydrogens (tertiary/aromatic N) is 3. The first-order valence-corrected chi connectivity index (χ1v) is 5.42. The predicted octanol–water partition coefficient (Wildman–Crippen LogP) is 1.40. The third-order valence-electron chi connectivity index (χ3n) is 2.26. The van der Waals surface area contributed by atoms with E-state index < -0.39 is 29.2 Å². The first-order valence-electron chi connectivity index (χ1n) is 5.42. The summed E-state index contributed by atoms with van der Waals surface area (Å²) in [6.07, 6.45) is 0. The van der Waals surface area contributed by atoms with E-state index in [1.165, 1.54) is 0 Å². The molecule has 2 rings (SSSR count). The molecule has 3 N–H and O–H groups in total. The molecule has 2 aromatic rings. The first-order chi connectivity index (χ1) is 9.90. The normalized spacial score (nSPS) is 10.3. The van der Waals surface area contributed by atoms with Crippen molar-refractivity contribution in [1.29, 1.82) is 0 Å². The Morgan fingerprint density at radius 2 is 1.81 bits per heavy atom.